The first-order valence-electron chi connectivity index (χ1n) is 4.99. The summed E-state index contributed by atoms with van der Waals surface area (Å²) in [6, 6.07) is 13.9. The van der Waals surface area contributed by atoms with Crippen molar-refractivity contribution in [1.29, 1.82) is 10.5 Å². The zero-order chi connectivity index (χ0) is 10.7. The van der Waals surface area contributed by atoms with Gasteiger partial charge >= 0.3 is 0 Å². The summed E-state index contributed by atoms with van der Waals surface area (Å²) in [5, 5.41) is 18.0. The molecule has 1 fully saturated rings. The fourth-order valence-electron chi connectivity index (χ4n) is 2.02. The lowest BCUT2D eigenvalue weighted by Gasteiger charge is -2.24. The third-order valence-corrected chi connectivity index (χ3v) is 2.74. The third kappa shape index (κ3) is 1.65. The molecule has 2 rings (SSSR count). The summed E-state index contributed by atoms with van der Waals surface area (Å²) in [5.41, 5.74) is 0.966. The molecule has 0 N–H and O–H groups in total. The zero-order valence-corrected chi connectivity index (χ0v) is 8.30. The highest BCUT2D eigenvalue weighted by Gasteiger charge is 2.33. The van der Waals surface area contributed by atoms with Gasteiger partial charge < -0.3 is 4.90 Å². The lowest BCUT2D eigenvalue weighted by molar-refractivity contribution is 0.791. The number of para-hydroxylation sites is 1. The van der Waals surface area contributed by atoms with Gasteiger partial charge in [-0.05, 0) is 25.0 Å². The SMILES string of the molecule is N#C[C@H]1CC[C@H](C#N)N1c1ccccc1. The van der Waals surface area contributed by atoms with Crippen LogP contribution in [0.1, 0.15) is 12.8 Å². The summed E-state index contributed by atoms with van der Waals surface area (Å²) in [6.07, 6.45) is 1.56. The van der Waals surface area contributed by atoms with E-state index in [-0.39, 0.29) is 12.1 Å². The first kappa shape index (κ1) is 9.55. The number of nitriles is 2. The molecule has 0 aromatic heterocycles. The predicted octanol–water partition coefficient (Wildman–Crippen LogP) is 2.07. The second-order valence-corrected chi connectivity index (χ2v) is 3.61. The quantitative estimate of drug-likeness (QED) is 0.692. The zero-order valence-electron chi connectivity index (χ0n) is 8.30. The Morgan fingerprint density at radius 3 is 2.00 bits per heavy atom. The Bertz CT molecular complexity index is 391. The largest absolute Gasteiger partial charge is 0.339 e. The highest BCUT2D eigenvalue weighted by atomic mass is 15.2. The van der Waals surface area contributed by atoms with Gasteiger partial charge in [-0.2, -0.15) is 10.5 Å². The molecule has 1 aromatic carbocycles. The number of benzene rings is 1. The van der Waals surface area contributed by atoms with Crippen molar-refractivity contribution in [3.05, 3.63) is 30.3 Å². The van der Waals surface area contributed by atoms with Crippen LogP contribution in [0.25, 0.3) is 0 Å². The number of rotatable bonds is 1. The molecule has 1 aliphatic rings. The van der Waals surface area contributed by atoms with E-state index in [9.17, 15) is 0 Å². The van der Waals surface area contributed by atoms with Gasteiger partial charge in [-0.3, -0.25) is 0 Å². The normalized spacial score (nSPS) is 24.5. The predicted molar refractivity (Wildman–Crippen MR) is 57.0 cm³/mol. The van der Waals surface area contributed by atoms with Crippen molar-refractivity contribution in [2.24, 2.45) is 0 Å². The summed E-state index contributed by atoms with van der Waals surface area (Å²) in [7, 11) is 0. The summed E-state index contributed by atoms with van der Waals surface area (Å²) in [4.78, 5) is 1.92. The molecule has 0 amide bonds. The highest BCUT2D eigenvalue weighted by Crippen LogP contribution is 2.29. The summed E-state index contributed by atoms with van der Waals surface area (Å²) in [6.45, 7) is 0. The van der Waals surface area contributed by atoms with Gasteiger partial charge in [0, 0.05) is 5.69 Å². The van der Waals surface area contributed by atoms with Crippen molar-refractivity contribution >= 4 is 5.69 Å². The first-order valence-corrected chi connectivity index (χ1v) is 4.99. The van der Waals surface area contributed by atoms with E-state index in [4.69, 9.17) is 10.5 Å². The van der Waals surface area contributed by atoms with Crippen molar-refractivity contribution in [3.8, 4) is 12.1 Å². The molecular weight excluding hydrogens is 186 g/mol. The van der Waals surface area contributed by atoms with Gasteiger partial charge in [0.25, 0.3) is 0 Å². The minimum atomic E-state index is -0.156. The number of hydrogen-bond acceptors (Lipinski definition) is 3. The Kier molecular flexibility index (Phi) is 2.56. The van der Waals surface area contributed by atoms with Gasteiger partial charge in [0.1, 0.15) is 12.1 Å². The van der Waals surface area contributed by atoms with Crippen LogP contribution in [0.3, 0.4) is 0 Å². The smallest absolute Gasteiger partial charge is 0.118 e. The standard InChI is InChI=1S/C12H11N3/c13-8-11-6-7-12(9-14)15(11)10-4-2-1-3-5-10/h1-5,11-12H,6-7H2/t11-,12-/m1/s1. The van der Waals surface area contributed by atoms with E-state index < -0.39 is 0 Å². The van der Waals surface area contributed by atoms with Gasteiger partial charge in [-0.25, -0.2) is 0 Å². The van der Waals surface area contributed by atoms with Crippen LogP contribution in [0.5, 0.6) is 0 Å². The Morgan fingerprint density at radius 2 is 1.53 bits per heavy atom. The lowest BCUT2D eigenvalue weighted by Crippen LogP contribution is -2.34. The van der Waals surface area contributed by atoms with Crippen molar-refractivity contribution in [3.63, 3.8) is 0 Å². The number of nitrogens with zero attached hydrogens (tertiary/aromatic N) is 3. The monoisotopic (exact) mass is 197 g/mol. The topological polar surface area (TPSA) is 50.8 Å². The molecule has 0 bridgehead atoms. The molecule has 74 valence electrons. The van der Waals surface area contributed by atoms with Crippen LogP contribution in [0.15, 0.2) is 30.3 Å². The summed E-state index contributed by atoms with van der Waals surface area (Å²) >= 11 is 0. The Hall–Kier alpha value is -2.00. The molecule has 1 aliphatic heterocycles. The van der Waals surface area contributed by atoms with Crippen molar-refractivity contribution in [2.75, 3.05) is 4.90 Å². The number of hydrogen-bond donors (Lipinski definition) is 0. The van der Waals surface area contributed by atoms with Crippen LogP contribution >= 0.6 is 0 Å². The molecule has 0 spiro atoms. The molecule has 0 unspecified atom stereocenters. The van der Waals surface area contributed by atoms with E-state index in [1.54, 1.807) is 0 Å². The first-order chi connectivity index (χ1) is 7.36. The van der Waals surface area contributed by atoms with Gasteiger partial charge in [0.2, 0.25) is 0 Å². The van der Waals surface area contributed by atoms with Gasteiger partial charge in [-0.15, -0.1) is 0 Å². The molecule has 1 saturated heterocycles. The van der Waals surface area contributed by atoms with Gasteiger partial charge in [0.15, 0.2) is 0 Å². The van der Waals surface area contributed by atoms with E-state index in [2.05, 4.69) is 12.1 Å². The highest BCUT2D eigenvalue weighted by molar-refractivity contribution is 5.52. The van der Waals surface area contributed by atoms with Crippen molar-refractivity contribution in [1.82, 2.24) is 0 Å². The van der Waals surface area contributed by atoms with Gasteiger partial charge in [-0.1, -0.05) is 18.2 Å². The Morgan fingerprint density at radius 1 is 1.00 bits per heavy atom. The maximum absolute atomic E-state index is 9.01. The maximum atomic E-state index is 9.01. The fraction of sp³-hybridized carbons (Fsp3) is 0.333. The lowest BCUT2D eigenvalue weighted by atomic mass is 10.2. The fourth-order valence-corrected chi connectivity index (χ4v) is 2.02. The average Bonchev–Trinajstić information content (AvgIpc) is 2.72. The second-order valence-electron chi connectivity index (χ2n) is 3.61. The van der Waals surface area contributed by atoms with E-state index in [0.717, 1.165) is 18.5 Å². The molecule has 3 nitrogen and oxygen atoms in total. The minimum absolute atomic E-state index is 0.156. The molecule has 3 heteroatoms. The molecule has 0 radical (unpaired) electrons. The van der Waals surface area contributed by atoms with Gasteiger partial charge in [0.05, 0.1) is 12.1 Å². The second kappa shape index (κ2) is 4.02. The molecule has 0 saturated carbocycles. The van der Waals surface area contributed by atoms with Crippen LogP contribution in [0.4, 0.5) is 5.69 Å². The van der Waals surface area contributed by atoms with Crippen LogP contribution in [0.2, 0.25) is 0 Å². The van der Waals surface area contributed by atoms with Crippen LogP contribution in [-0.4, -0.2) is 12.1 Å². The van der Waals surface area contributed by atoms with Crippen LogP contribution in [-0.2, 0) is 0 Å². The minimum Gasteiger partial charge on any atom is -0.339 e. The van der Waals surface area contributed by atoms with Crippen LogP contribution in [0, 0.1) is 22.7 Å². The molecule has 0 aliphatic carbocycles. The average molecular weight is 197 g/mol. The molecule has 1 aromatic rings. The molecule has 1 heterocycles. The third-order valence-electron chi connectivity index (χ3n) is 2.74. The van der Waals surface area contributed by atoms with Crippen molar-refractivity contribution in [2.45, 2.75) is 24.9 Å². The van der Waals surface area contributed by atoms with E-state index in [0.29, 0.717) is 0 Å². The molecule has 15 heavy (non-hydrogen) atoms. The maximum Gasteiger partial charge on any atom is 0.118 e. The van der Waals surface area contributed by atoms with Crippen molar-refractivity contribution < 1.29 is 0 Å². The summed E-state index contributed by atoms with van der Waals surface area (Å²) < 4.78 is 0. The number of anilines is 1. The molecular formula is C12H11N3. The Balaban J connectivity index is 2.33. The van der Waals surface area contributed by atoms with E-state index in [1.807, 2.05) is 35.2 Å². The van der Waals surface area contributed by atoms with E-state index >= 15 is 0 Å². The Labute approximate surface area is 89.2 Å². The van der Waals surface area contributed by atoms with Crippen LogP contribution < -0.4 is 4.90 Å². The molecule has 2 atom stereocenters. The summed E-state index contributed by atoms with van der Waals surface area (Å²) in [5.74, 6) is 0. The van der Waals surface area contributed by atoms with E-state index in [1.165, 1.54) is 0 Å².